The molecule has 106 valence electrons. The van der Waals surface area contributed by atoms with Gasteiger partial charge in [0, 0.05) is 6.61 Å². The highest BCUT2D eigenvalue weighted by Crippen LogP contribution is 2.33. The summed E-state index contributed by atoms with van der Waals surface area (Å²) in [7, 11) is 0. The molecule has 0 radical (unpaired) electrons. The number of rotatable bonds is 3. The van der Waals surface area contributed by atoms with Gasteiger partial charge in [0.15, 0.2) is 0 Å². The fourth-order valence-corrected chi connectivity index (χ4v) is 2.17. The molecule has 1 aliphatic heterocycles. The van der Waals surface area contributed by atoms with Crippen molar-refractivity contribution < 1.29 is 22.7 Å². The maximum atomic E-state index is 12.6. The topological polar surface area (TPSA) is 58.2 Å². The van der Waals surface area contributed by atoms with Crippen LogP contribution in [0.15, 0.2) is 6.20 Å². The molecule has 0 unspecified atom stereocenters. The number of carbonyl (C=O) groups excluding carboxylic acids is 1. The van der Waals surface area contributed by atoms with Gasteiger partial charge in [0.25, 0.3) is 5.91 Å². The van der Waals surface area contributed by atoms with Crippen molar-refractivity contribution in [2.75, 3.05) is 19.7 Å². The maximum Gasteiger partial charge on any atom is 0.420 e. The largest absolute Gasteiger partial charge is 0.420 e. The summed E-state index contributed by atoms with van der Waals surface area (Å²) in [6.45, 7) is 4.69. The number of aromatic nitrogens is 2. The number of nitrogens with zero attached hydrogens (tertiary/aromatic N) is 2. The van der Waals surface area contributed by atoms with Gasteiger partial charge in [-0.3, -0.25) is 9.89 Å². The molecule has 0 atom stereocenters. The first-order valence-electron chi connectivity index (χ1n) is 5.80. The van der Waals surface area contributed by atoms with Crippen molar-refractivity contribution in [3.8, 4) is 0 Å². The van der Waals surface area contributed by atoms with Crippen molar-refractivity contribution in [2.45, 2.75) is 25.6 Å². The minimum Gasteiger partial charge on any atom is -0.372 e. The van der Waals surface area contributed by atoms with Gasteiger partial charge in [-0.25, -0.2) is 0 Å². The van der Waals surface area contributed by atoms with Gasteiger partial charge in [-0.15, -0.1) is 0 Å². The van der Waals surface area contributed by atoms with Crippen molar-refractivity contribution in [1.29, 1.82) is 0 Å². The molecule has 1 saturated heterocycles. The normalized spacial score (nSPS) is 18.3. The van der Waals surface area contributed by atoms with Gasteiger partial charge in [0.1, 0.15) is 16.9 Å². The minimum absolute atomic E-state index is 0.274. The van der Waals surface area contributed by atoms with E-state index in [4.69, 9.17) is 4.74 Å². The molecule has 19 heavy (non-hydrogen) atoms. The highest BCUT2D eigenvalue weighted by atomic mass is 19.4. The van der Waals surface area contributed by atoms with Gasteiger partial charge in [-0.05, 0) is 13.8 Å². The van der Waals surface area contributed by atoms with Crippen molar-refractivity contribution in [1.82, 2.24) is 15.1 Å². The predicted octanol–water partition coefficient (Wildman–Crippen LogP) is 1.68. The zero-order valence-corrected chi connectivity index (χ0v) is 10.5. The monoisotopic (exact) mass is 277 g/mol. The summed E-state index contributed by atoms with van der Waals surface area (Å²) in [5, 5.41) is 5.42. The molecule has 1 amide bonds. The summed E-state index contributed by atoms with van der Waals surface area (Å²) >= 11 is 0. The Labute approximate surface area is 107 Å². The molecular weight excluding hydrogens is 263 g/mol. The number of nitrogens with one attached hydrogen (secondary N) is 1. The number of halogens is 3. The van der Waals surface area contributed by atoms with Crippen LogP contribution in [0.5, 0.6) is 0 Å². The van der Waals surface area contributed by atoms with Gasteiger partial charge in [0.05, 0.1) is 19.3 Å². The molecule has 2 rings (SSSR count). The van der Waals surface area contributed by atoms with Crippen molar-refractivity contribution >= 4 is 5.91 Å². The molecule has 1 aliphatic rings. The summed E-state index contributed by atoms with van der Waals surface area (Å²) in [5.74, 6) is -0.706. The minimum atomic E-state index is -4.59. The van der Waals surface area contributed by atoms with Crippen LogP contribution >= 0.6 is 0 Å². The Kier molecular flexibility index (Phi) is 3.29. The van der Waals surface area contributed by atoms with E-state index in [0.29, 0.717) is 12.8 Å². The second-order valence-electron chi connectivity index (χ2n) is 4.70. The smallest absolute Gasteiger partial charge is 0.372 e. The van der Waals surface area contributed by atoms with E-state index in [1.54, 1.807) is 0 Å². The molecule has 1 fully saturated rings. The molecule has 0 bridgehead atoms. The number of amides is 1. The van der Waals surface area contributed by atoms with Crippen LogP contribution in [0.4, 0.5) is 13.2 Å². The van der Waals surface area contributed by atoms with Gasteiger partial charge in [-0.2, -0.15) is 18.3 Å². The Hall–Kier alpha value is -1.57. The highest BCUT2D eigenvalue weighted by Gasteiger charge is 2.45. The molecule has 0 aliphatic carbocycles. The molecule has 1 aromatic rings. The molecule has 2 heterocycles. The third-order valence-electron chi connectivity index (χ3n) is 2.99. The Morgan fingerprint density at radius 1 is 1.58 bits per heavy atom. The van der Waals surface area contributed by atoms with Crippen LogP contribution < -0.4 is 0 Å². The molecular formula is C11H14F3N3O2. The predicted molar refractivity (Wildman–Crippen MR) is 59.5 cm³/mol. The van der Waals surface area contributed by atoms with Crippen molar-refractivity contribution in [2.24, 2.45) is 0 Å². The lowest BCUT2D eigenvalue weighted by molar-refractivity contribution is -0.138. The number of aromatic amines is 1. The first-order valence-corrected chi connectivity index (χ1v) is 5.80. The molecule has 1 aromatic heterocycles. The summed E-state index contributed by atoms with van der Waals surface area (Å²) in [6, 6.07) is 0. The van der Waals surface area contributed by atoms with E-state index in [9.17, 15) is 18.0 Å². The summed E-state index contributed by atoms with van der Waals surface area (Å²) < 4.78 is 43.4. The zero-order chi connectivity index (χ0) is 14.3. The third kappa shape index (κ3) is 2.58. The second kappa shape index (κ2) is 4.52. The molecule has 8 heteroatoms. The molecule has 0 saturated carbocycles. The first-order chi connectivity index (χ1) is 8.77. The number of H-pyrrole nitrogens is 1. The van der Waals surface area contributed by atoms with E-state index in [1.165, 1.54) is 4.90 Å². The fraction of sp³-hybridized carbons (Fsp3) is 0.636. The van der Waals surface area contributed by atoms with Crippen LogP contribution in [0, 0.1) is 0 Å². The number of likely N-dealkylation sites (tertiary alicyclic amines) is 1. The van der Waals surface area contributed by atoms with Gasteiger partial charge >= 0.3 is 6.18 Å². The lowest BCUT2D eigenvalue weighted by Gasteiger charge is -2.47. The first kappa shape index (κ1) is 13.9. The fourth-order valence-electron chi connectivity index (χ4n) is 2.17. The van der Waals surface area contributed by atoms with Gasteiger partial charge in [-0.1, -0.05) is 0 Å². The van der Waals surface area contributed by atoms with Crippen LogP contribution in [0.2, 0.25) is 0 Å². The zero-order valence-electron chi connectivity index (χ0n) is 10.5. The summed E-state index contributed by atoms with van der Waals surface area (Å²) in [4.78, 5) is 13.3. The van der Waals surface area contributed by atoms with E-state index < -0.39 is 28.9 Å². The number of ether oxygens (including phenoxy) is 1. The Balaban J connectivity index is 2.09. The van der Waals surface area contributed by atoms with Crippen LogP contribution in [-0.2, 0) is 10.9 Å². The summed E-state index contributed by atoms with van der Waals surface area (Å²) in [6.07, 6.45) is -3.97. The van der Waals surface area contributed by atoms with Crippen LogP contribution in [0.3, 0.4) is 0 Å². The van der Waals surface area contributed by atoms with E-state index in [0.717, 1.165) is 0 Å². The maximum absolute atomic E-state index is 12.6. The SMILES string of the molecule is CCOC1(C)CN(C(=O)c2[nH]ncc2C(F)(F)F)C1. The molecule has 0 aromatic carbocycles. The quantitative estimate of drug-likeness (QED) is 0.914. The summed E-state index contributed by atoms with van der Waals surface area (Å²) in [5.41, 5.74) is -2.03. The number of carbonyl (C=O) groups is 1. The van der Waals surface area contributed by atoms with E-state index >= 15 is 0 Å². The lowest BCUT2D eigenvalue weighted by atomic mass is 9.95. The van der Waals surface area contributed by atoms with Crippen molar-refractivity contribution in [3.63, 3.8) is 0 Å². The van der Waals surface area contributed by atoms with Crippen LogP contribution in [0.1, 0.15) is 29.9 Å². The third-order valence-corrected chi connectivity index (χ3v) is 2.99. The average molecular weight is 277 g/mol. The van der Waals surface area contributed by atoms with Gasteiger partial charge in [0.2, 0.25) is 0 Å². The average Bonchev–Trinajstić information content (AvgIpc) is 2.73. The van der Waals surface area contributed by atoms with Gasteiger partial charge < -0.3 is 9.64 Å². The molecule has 1 N–H and O–H groups in total. The molecule has 0 spiro atoms. The van der Waals surface area contributed by atoms with E-state index in [-0.39, 0.29) is 13.1 Å². The standard InChI is InChI=1S/C11H14F3N3O2/c1-3-19-10(2)5-17(6-10)9(18)8-7(4-15-16-8)11(12,13)14/h4H,3,5-6H2,1-2H3,(H,15,16). The van der Waals surface area contributed by atoms with E-state index in [2.05, 4.69) is 10.2 Å². The Bertz CT molecular complexity index is 478. The Morgan fingerprint density at radius 3 is 2.74 bits per heavy atom. The number of alkyl halides is 3. The number of hydrogen-bond donors (Lipinski definition) is 1. The Morgan fingerprint density at radius 2 is 2.21 bits per heavy atom. The van der Waals surface area contributed by atoms with Crippen molar-refractivity contribution in [3.05, 3.63) is 17.5 Å². The van der Waals surface area contributed by atoms with Crippen LogP contribution in [0.25, 0.3) is 0 Å². The number of hydrogen-bond acceptors (Lipinski definition) is 3. The lowest BCUT2D eigenvalue weighted by Crippen LogP contribution is -2.63. The second-order valence-corrected chi connectivity index (χ2v) is 4.70. The van der Waals surface area contributed by atoms with E-state index in [1.807, 2.05) is 13.8 Å². The highest BCUT2D eigenvalue weighted by molar-refractivity contribution is 5.94. The van der Waals surface area contributed by atoms with Crippen LogP contribution in [-0.4, -0.2) is 46.3 Å². The molecule has 5 nitrogen and oxygen atoms in total.